The molecule has 3 N–H and O–H groups in total. The topological polar surface area (TPSA) is 77.1 Å². The lowest BCUT2D eigenvalue weighted by atomic mass is 10.3. The van der Waals surface area contributed by atoms with Crippen molar-refractivity contribution in [1.29, 1.82) is 0 Å². The molecule has 0 saturated carbocycles. The van der Waals surface area contributed by atoms with E-state index in [9.17, 15) is 0 Å². The van der Waals surface area contributed by atoms with Crippen molar-refractivity contribution in [2.24, 2.45) is 10.9 Å². The number of oxime groups is 1. The molecule has 0 aliphatic carbocycles. The molecule has 76 valence electrons. The molecule has 1 aliphatic rings. The predicted molar refractivity (Wildman–Crippen MR) is 47.8 cm³/mol. The first kappa shape index (κ1) is 10.3. The Morgan fingerprint density at radius 1 is 1.69 bits per heavy atom. The van der Waals surface area contributed by atoms with Crippen LogP contribution in [0.15, 0.2) is 5.16 Å². The van der Waals surface area contributed by atoms with Crippen LogP contribution in [0.2, 0.25) is 0 Å². The van der Waals surface area contributed by atoms with Crippen molar-refractivity contribution in [2.75, 3.05) is 19.8 Å². The summed E-state index contributed by atoms with van der Waals surface area (Å²) in [7, 11) is 0. The largest absolute Gasteiger partial charge is 0.409 e. The van der Waals surface area contributed by atoms with E-state index in [1.807, 2.05) is 0 Å². The van der Waals surface area contributed by atoms with E-state index in [2.05, 4.69) is 5.16 Å². The third kappa shape index (κ3) is 4.10. The van der Waals surface area contributed by atoms with Crippen LogP contribution in [0, 0.1) is 0 Å². The quantitative estimate of drug-likeness (QED) is 0.214. The van der Waals surface area contributed by atoms with Crippen LogP contribution < -0.4 is 5.73 Å². The third-order valence-corrected chi connectivity index (χ3v) is 1.95. The molecule has 0 aromatic heterocycles. The smallest absolute Gasteiger partial charge is 0.139 e. The first-order chi connectivity index (χ1) is 6.33. The van der Waals surface area contributed by atoms with Crippen LogP contribution in [0.3, 0.4) is 0 Å². The highest BCUT2D eigenvalue weighted by molar-refractivity contribution is 5.79. The number of hydrogen-bond donors (Lipinski definition) is 2. The average Bonchev–Trinajstić information content (AvgIpc) is 2.64. The highest BCUT2D eigenvalue weighted by atomic mass is 16.5. The van der Waals surface area contributed by atoms with Crippen LogP contribution in [-0.4, -0.2) is 37.0 Å². The fourth-order valence-electron chi connectivity index (χ4n) is 1.20. The first-order valence-electron chi connectivity index (χ1n) is 4.48. The van der Waals surface area contributed by atoms with Gasteiger partial charge in [0, 0.05) is 19.6 Å². The number of ether oxygens (including phenoxy) is 2. The lowest BCUT2D eigenvalue weighted by Crippen LogP contribution is -2.16. The molecule has 0 amide bonds. The molecule has 0 bridgehead atoms. The van der Waals surface area contributed by atoms with Crippen molar-refractivity contribution in [3.63, 3.8) is 0 Å². The van der Waals surface area contributed by atoms with Gasteiger partial charge in [0.05, 0.1) is 12.7 Å². The lowest BCUT2D eigenvalue weighted by molar-refractivity contribution is 0.0421. The van der Waals surface area contributed by atoms with Gasteiger partial charge in [0.2, 0.25) is 0 Å². The highest BCUT2D eigenvalue weighted by Crippen LogP contribution is 2.08. The number of nitrogens with two attached hydrogens (primary N) is 1. The van der Waals surface area contributed by atoms with Crippen LogP contribution in [0.25, 0.3) is 0 Å². The summed E-state index contributed by atoms with van der Waals surface area (Å²) in [6.45, 7) is 2.14. The van der Waals surface area contributed by atoms with E-state index in [0.29, 0.717) is 19.6 Å². The first-order valence-corrected chi connectivity index (χ1v) is 4.48. The van der Waals surface area contributed by atoms with E-state index < -0.39 is 0 Å². The molecule has 5 nitrogen and oxygen atoms in total. The van der Waals surface area contributed by atoms with E-state index in [4.69, 9.17) is 20.4 Å². The second kappa shape index (κ2) is 5.77. The van der Waals surface area contributed by atoms with Crippen molar-refractivity contribution in [2.45, 2.75) is 25.4 Å². The molecule has 1 unspecified atom stereocenters. The molecule has 1 aliphatic heterocycles. The molecular weight excluding hydrogens is 172 g/mol. The van der Waals surface area contributed by atoms with E-state index in [-0.39, 0.29) is 11.9 Å². The third-order valence-electron chi connectivity index (χ3n) is 1.95. The SMILES string of the molecule is NC(CCCOC1CCOC1)=NO. The van der Waals surface area contributed by atoms with Crippen LogP contribution in [0.1, 0.15) is 19.3 Å². The van der Waals surface area contributed by atoms with Gasteiger partial charge in [-0.05, 0) is 12.8 Å². The fraction of sp³-hybridized carbons (Fsp3) is 0.875. The van der Waals surface area contributed by atoms with Crippen molar-refractivity contribution in [3.8, 4) is 0 Å². The Morgan fingerprint density at radius 3 is 3.15 bits per heavy atom. The predicted octanol–water partition coefficient (Wildman–Crippen LogP) is 0.318. The van der Waals surface area contributed by atoms with Gasteiger partial charge in [0.1, 0.15) is 5.84 Å². The number of amidine groups is 1. The van der Waals surface area contributed by atoms with Crippen LogP contribution >= 0.6 is 0 Å². The monoisotopic (exact) mass is 188 g/mol. The summed E-state index contributed by atoms with van der Waals surface area (Å²) in [5.41, 5.74) is 5.29. The van der Waals surface area contributed by atoms with E-state index in [0.717, 1.165) is 19.4 Å². The molecule has 0 radical (unpaired) electrons. The second-order valence-electron chi connectivity index (χ2n) is 3.05. The van der Waals surface area contributed by atoms with Gasteiger partial charge in [-0.25, -0.2) is 0 Å². The van der Waals surface area contributed by atoms with Gasteiger partial charge in [-0.15, -0.1) is 0 Å². The molecule has 0 aromatic rings. The van der Waals surface area contributed by atoms with Gasteiger partial charge >= 0.3 is 0 Å². The summed E-state index contributed by atoms with van der Waals surface area (Å²) in [5.74, 6) is 0.256. The van der Waals surface area contributed by atoms with Crippen molar-refractivity contribution >= 4 is 5.84 Å². The molecule has 1 saturated heterocycles. The molecule has 1 fully saturated rings. The Labute approximate surface area is 77.5 Å². The summed E-state index contributed by atoms with van der Waals surface area (Å²) in [5, 5.41) is 11.1. The molecule has 13 heavy (non-hydrogen) atoms. The van der Waals surface area contributed by atoms with Gasteiger partial charge in [-0.2, -0.15) is 0 Å². The van der Waals surface area contributed by atoms with E-state index >= 15 is 0 Å². The number of rotatable bonds is 5. The maximum atomic E-state index is 8.25. The van der Waals surface area contributed by atoms with E-state index in [1.165, 1.54) is 0 Å². The van der Waals surface area contributed by atoms with Crippen molar-refractivity contribution in [3.05, 3.63) is 0 Å². The average molecular weight is 188 g/mol. The van der Waals surface area contributed by atoms with Gasteiger partial charge in [0.25, 0.3) is 0 Å². The zero-order valence-electron chi connectivity index (χ0n) is 7.61. The van der Waals surface area contributed by atoms with Crippen molar-refractivity contribution in [1.82, 2.24) is 0 Å². The molecule has 5 heteroatoms. The lowest BCUT2D eigenvalue weighted by Gasteiger charge is -2.08. The molecule has 1 rings (SSSR count). The summed E-state index contributed by atoms with van der Waals surface area (Å²) in [6, 6.07) is 0. The highest BCUT2D eigenvalue weighted by Gasteiger charge is 2.15. The Kier molecular flexibility index (Phi) is 4.56. The Bertz CT molecular complexity index is 167. The normalized spacial score (nSPS) is 23.7. The minimum Gasteiger partial charge on any atom is -0.409 e. The second-order valence-corrected chi connectivity index (χ2v) is 3.05. The summed E-state index contributed by atoms with van der Waals surface area (Å²) < 4.78 is 10.6. The Morgan fingerprint density at radius 2 is 2.54 bits per heavy atom. The molecule has 1 atom stereocenters. The Hall–Kier alpha value is -0.810. The number of nitrogens with zero attached hydrogens (tertiary/aromatic N) is 1. The number of hydrogen-bond acceptors (Lipinski definition) is 4. The summed E-state index contributed by atoms with van der Waals surface area (Å²) in [4.78, 5) is 0. The Balaban J connectivity index is 1.94. The maximum Gasteiger partial charge on any atom is 0.139 e. The zero-order chi connectivity index (χ0) is 9.52. The van der Waals surface area contributed by atoms with Crippen molar-refractivity contribution < 1.29 is 14.7 Å². The molecular formula is C8H16N2O3. The van der Waals surface area contributed by atoms with E-state index in [1.54, 1.807) is 0 Å². The molecule has 0 aromatic carbocycles. The standard InChI is InChI=1S/C8H16N2O3/c9-8(10-11)2-1-4-13-7-3-5-12-6-7/h7,11H,1-6H2,(H2,9,10). The maximum absolute atomic E-state index is 8.25. The van der Waals surface area contributed by atoms with Crippen LogP contribution in [0.5, 0.6) is 0 Å². The summed E-state index contributed by atoms with van der Waals surface area (Å²) in [6.07, 6.45) is 2.58. The van der Waals surface area contributed by atoms with Gasteiger partial charge in [-0.3, -0.25) is 0 Å². The van der Waals surface area contributed by atoms with Crippen LogP contribution in [0.4, 0.5) is 0 Å². The molecule has 1 heterocycles. The molecule has 0 spiro atoms. The summed E-state index contributed by atoms with van der Waals surface area (Å²) >= 11 is 0. The zero-order valence-corrected chi connectivity index (χ0v) is 7.61. The van der Waals surface area contributed by atoms with Gasteiger partial charge in [-0.1, -0.05) is 5.16 Å². The van der Waals surface area contributed by atoms with Gasteiger partial charge < -0.3 is 20.4 Å². The van der Waals surface area contributed by atoms with Crippen LogP contribution in [-0.2, 0) is 9.47 Å². The van der Waals surface area contributed by atoms with Gasteiger partial charge in [0.15, 0.2) is 0 Å². The minimum absolute atomic E-state index is 0.243. The minimum atomic E-state index is 0.243. The fourth-order valence-corrected chi connectivity index (χ4v) is 1.20.